The van der Waals surface area contributed by atoms with Gasteiger partial charge in [-0.15, -0.1) is 0 Å². The highest BCUT2D eigenvalue weighted by atomic mass is 79.9. The van der Waals surface area contributed by atoms with Gasteiger partial charge in [0.2, 0.25) is 0 Å². The predicted molar refractivity (Wildman–Crippen MR) is 96.2 cm³/mol. The van der Waals surface area contributed by atoms with Crippen LogP contribution in [0.15, 0.2) is 59.1 Å². The molecule has 0 spiro atoms. The lowest BCUT2D eigenvalue weighted by atomic mass is 9.89. The van der Waals surface area contributed by atoms with Crippen LogP contribution in [-0.4, -0.2) is 35.2 Å². The topological polar surface area (TPSA) is 66.8 Å². The normalized spacial score (nSPS) is 19.6. The van der Waals surface area contributed by atoms with Crippen LogP contribution < -0.4 is 0 Å². The summed E-state index contributed by atoms with van der Waals surface area (Å²) in [7, 11) is 0. The third-order valence-corrected chi connectivity index (χ3v) is 5.13. The molecule has 0 aromatic heterocycles. The Morgan fingerprint density at radius 3 is 2.44 bits per heavy atom. The van der Waals surface area contributed by atoms with Crippen LogP contribution >= 0.6 is 15.9 Å². The Morgan fingerprint density at radius 2 is 1.76 bits per heavy atom. The molecular weight excluding hydrogens is 386 g/mol. The lowest BCUT2D eigenvalue weighted by molar-refractivity contribution is -0.141. The highest BCUT2D eigenvalue weighted by Gasteiger charge is 2.41. The molecule has 25 heavy (non-hydrogen) atoms. The van der Waals surface area contributed by atoms with E-state index >= 15 is 0 Å². The first-order chi connectivity index (χ1) is 12.1. The minimum atomic E-state index is -0.904. The zero-order valence-electron chi connectivity index (χ0n) is 13.5. The van der Waals surface area contributed by atoms with Gasteiger partial charge < -0.3 is 14.7 Å². The number of benzene rings is 2. The van der Waals surface area contributed by atoms with E-state index in [0.29, 0.717) is 6.54 Å². The van der Waals surface area contributed by atoms with Gasteiger partial charge in [-0.3, -0.25) is 4.79 Å². The standard InChI is InChI=1S/C19H18BrNO4/c20-17-9-5-4-8-14(17)15-10-21(11-16(15)18(22)23)19(24)25-12-13-6-2-1-3-7-13/h1-9,15-16H,10-12H2,(H,22,23). The number of ether oxygens (including phenoxy) is 1. The third-order valence-electron chi connectivity index (χ3n) is 4.41. The number of amides is 1. The van der Waals surface area contributed by atoms with Crippen molar-refractivity contribution in [2.45, 2.75) is 12.5 Å². The summed E-state index contributed by atoms with van der Waals surface area (Å²) in [6.07, 6.45) is -0.482. The van der Waals surface area contributed by atoms with Gasteiger partial charge in [-0.1, -0.05) is 64.5 Å². The number of carbonyl (C=O) groups excluding carboxylic acids is 1. The van der Waals surface area contributed by atoms with Gasteiger partial charge in [-0.2, -0.15) is 0 Å². The average molecular weight is 404 g/mol. The van der Waals surface area contributed by atoms with E-state index in [9.17, 15) is 14.7 Å². The second kappa shape index (κ2) is 7.70. The van der Waals surface area contributed by atoms with Crippen LogP contribution in [0.3, 0.4) is 0 Å². The Kier molecular flexibility index (Phi) is 5.38. The van der Waals surface area contributed by atoms with Crippen LogP contribution in [0, 0.1) is 5.92 Å². The van der Waals surface area contributed by atoms with Gasteiger partial charge in [0, 0.05) is 23.5 Å². The average Bonchev–Trinajstić information content (AvgIpc) is 3.06. The molecule has 1 aliphatic rings. The summed E-state index contributed by atoms with van der Waals surface area (Å²) in [6, 6.07) is 16.9. The van der Waals surface area contributed by atoms with E-state index in [1.54, 1.807) is 0 Å². The van der Waals surface area contributed by atoms with E-state index in [1.807, 2.05) is 54.6 Å². The number of nitrogens with zero attached hydrogens (tertiary/aromatic N) is 1. The molecule has 0 aliphatic carbocycles. The van der Waals surface area contributed by atoms with Gasteiger partial charge in [0.15, 0.2) is 0 Å². The number of aliphatic carboxylic acids is 1. The van der Waals surface area contributed by atoms with Crippen molar-refractivity contribution in [3.8, 4) is 0 Å². The highest BCUT2D eigenvalue weighted by molar-refractivity contribution is 9.10. The van der Waals surface area contributed by atoms with E-state index in [4.69, 9.17) is 4.74 Å². The van der Waals surface area contributed by atoms with Gasteiger partial charge in [-0.05, 0) is 17.2 Å². The quantitative estimate of drug-likeness (QED) is 0.840. The molecule has 1 heterocycles. The molecule has 1 aliphatic heterocycles. The number of hydrogen-bond acceptors (Lipinski definition) is 3. The van der Waals surface area contributed by atoms with Crippen molar-refractivity contribution in [3.63, 3.8) is 0 Å². The van der Waals surface area contributed by atoms with E-state index in [-0.39, 0.29) is 19.1 Å². The number of likely N-dealkylation sites (tertiary alicyclic amines) is 1. The van der Waals surface area contributed by atoms with Gasteiger partial charge in [0.1, 0.15) is 6.61 Å². The maximum atomic E-state index is 12.3. The van der Waals surface area contributed by atoms with Crippen LogP contribution in [0.2, 0.25) is 0 Å². The largest absolute Gasteiger partial charge is 0.481 e. The summed E-state index contributed by atoms with van der Waals surface area (Å²) >= 11 is 3.47. The van der Waals surface area contributed by atoms with E-state index in [1.165, 1.54) is 4.90 Å². The van der Waals surface area contributed by atoms with E-state index < -0.39 is 18.0 Å². The zero-order chi connectivity index (χ0) is 17.8. The minimum absolute atomic E-state index is 0.148. The number of hydrogen-bond donors (Lipinski definition) is 1. The first kappa shape index (κ1) is 17.5. The van der Waals surface area contributed by atoms with Crippen molar-refractivity contribution < 1.29 is 19.4 Å². The lowest BCUT2D eigenvalue weighted by Crippen LogP contribution is -2.30. The van der Waals surface area contributed by atoms with Crippen LogP contribution in [-0.2, 0) is 16.1 Å². The zero-order valence-corrected chi connectivity index (χ0v) is 15.1. The fourth-order valence-electron chi connectivity index (χ4n) is 3.10. The second-order valence-electron chi connectivity index (χ2n) is 6.02. The molecular formula is C19H18BrNO4. The molecule has 0 saturated carbocycles. The molecule has 2 aromatic rings. The molecule has 2 atom stereocenters. The first-order valence-electron chi connectivity index (χ1n) is 7.99. The van der Waals surface area contributed by atoms with Gasteiger partial charge in [0.05, 0.1) is 5.92 Å². The monoisotopic (exact) mass is 403 g/mol. The van der Waals surface area contributed by atoms with Crippen molar-refractivity contribution in [2.24, 2.45) is 5.92 Å². The number of carbonyl (C=O) groups is 2. The Morgan fingerprint density at radius 1 is 1.08 bits per heavy atom. The minimum Gasteiger partial charge on any atom is -0.481 e. The summed E-state index contributed by atoms with van der Waals surface area (Å²) in [5, 5.41) is 9.55. The van der Waals surface area contributed by atoms with Gasteiger partial charge in [-0.25, -0.2) is 4.79 Å². The molecule has 130 valence electrons. The van der Waals surface area contributed by atoms with Crippen molar-refractivity contribution in [1.82, 2.24) is 4.90 Å². The summed E-state index contributed by atoms with van der Waals surface area (Å²) in [6.45, 7) is 0.649. The van der Waals surface area contributed by atoms with Gasteiger partial charge >= 0.3 is 12.1 Å². The molecule has 6 heteroatoms. The van der Waals surface area contributed by atoms with Crippen LogP contribution in [0.25, 0.3) is 0 Å². The molecule has 0 bridgehead atoms. The van der Waals surface area contributed by atoms with Gasteiger partial charge in [0.25, 0.3) is 0 Å². The molecule has 2 unspecified atom stereocenters. The van der Waals surface area contributed by atoms with Crippen LogP contribution in [0.4, 0.5) is 4.79 Å². The van der Waals surface area contributed by atoms with E-state index in [2.05, 4.69) is 15.9 Å². The summed E-state index contributed by atoms with van der Waals surface area (Å²) < 4.78 is 6.19. The number of carboxylic acid groups (broad SMARTS) is 1. The maximum absolute atomic E-state index is 12.3. The van der Waals surface area contributed by atoms with Crippen molar-refractivity contribution in [2.75, 3.05) is 13.1 Å². The lowest BCUT2D eigenvalue weighted by Gasteiger charge is -2.17. The number of halogens is 1. The summed E-state index contributed by atoms with van der Waals surface area (Å²) in [5.41, 5.74) is 1.79. The molecule has 1 fully saturated rings. The van der Waals surface area contributed by atoms with Crippen molar-refractivity contribution >= 4 is 28.0 Å². The Balaban J connectivity index is 1.70. The Bertz CT molecular complexity index is 765. The number of rotatable bonds is 4. The third kappa shape index (κ3) is 4.02. The SMILES string of the molecule is O=C(O)C1CN(C(=O)OCc2ccccc2)CC1c1ccccc1Br. The Labute approximate surface area is 154 Å². The second-order valence-corrected chi connectivity index (χ2v) is 6.87. The van der Waals surface area contributed by atoms with Crippen LogP contribution in [0.5, 0.6) is 0 Å². The Hall–Kier alpha value is -2.34. The highest BCUT2D eigenvalue weighted by Crippen LogP contribution is 2.36. The van der Waals surface area contributed by atoms with Crippen LogP contribution in [0.1, 0.15) is 17.0 Å². The fourth-order valence-corrected chi connectivity index (χ4v) is 3.68. The molecule has 1 N–H and O–H groups in total. The summed E-state index contributed by atoms with van der Waals surface area (Å²) in [5.74, 6) is -1.82. The first-order valence-corrected chi connectivity index (χ1v) is 8.78. The smallest absolute Gasteiger partial charge is 0.410 e. The van der Waals surface area contributed by atoms with E-state index in [0.717, 1.165) is 15.6 Å². The fraction of sp³-hybridized carbons (Fsp3) is 0.263. The maximum Gasteiger partial charge on any atom is 0.410 e. The molecule has 1 saturated heterocycles. The van der Waals surface area contributed by atoms with Crippen molar-refractivity contribution in [1.29, 1.82) is 0 Å². The molecule has 2 aromatic carbocycles. The molecule has 0 radical (unpaired) electrons. The molecule has 1 amide bonds. The van der Waals surface area contributed by atoms with Crippen molar-refractivity contribution in [3.05, 3.63) is 70.2 Å². The predicted octanol–water partition coefficient (Wildman–Crippen LogP) is 3.89. The number of carboxylic acids is 1. The summed E-state index contributed by atoms with van der Waals surface area (Å²) in [4.78, 5) is 25.5. The molecule has 3 rings (SSSR count). The molecule has 5 nitrogen and oxygen atoms in total.